The molecule has 1 aliphatic heterocycles. The van der Waals surface area contributed by atoms with Crippen LogP contribution in [0.2, 0.25) is 5.02 Å². The molecule has 0 amide bonds. The van der Waals surface area contributed by atoms with Crippen LogP contribution in [0.4, 0.5) is 17.2 Å². The third-order valence-corrected chi connectivity index (χ3v) is 5.47. The Kier molecular flexibility index (Phi) is 7.00. The fourth-order valence-corrected chi connectivity index (χ4v) is 3.09. The number of nitrogens with one attached hydrogen (secondary N) is 1. The van der Waals surface area contributed by atoms with E-state index in [1.54, 1.807) is 24.3 Å². The number of aliphatic carboxylic acids is 1. The largest absolute Gasteiger partial charge is 0.480 e. The van der Waals surface area contributed by atoms with Crippen molar-refractivity contribution < 1.29 is 14.6 Å². The minimum atomic E-state index is -1.08. The molecule has 3 aromatic rings. The molecular weight excluding hydrogens is 412 g/mol. The van der Waals surface area contributed by atoms with Crippen molar-refractivity contribution in [3.63, 3.8) is 0 Å². The van der Waals surface area contributed by atoms with Crippen LogP contribution in [0.3, 0.4) is 0 Å². The van der Waals surface area contributed by atoms with Crippen molar-refractivity contribution in [2.24, 2.45) is 0 Å². The van der Waals surface area contributed by atoms with E-state index in [0.717, 1.165) is 10.9 Å². The number of benzene rings is 2. The molecule has 152 valence electrons. The second-order valence-corrected chi connectivity index (χ2v) is 8.03. The van der Waals surface area contributed by atoms with E-state index in [-0.39, 0.29) is 0 Å². The number of anilines is 3. The lowest BCUT2D eigenvalue weighted by atomic mass is 10.1. The van der Waals surface area contributed by atoms with Crippen LogP contribution < -0.4 is 15.8 Å². The van der Waals surface area contributed by atoms with Gasteiger partial charge < -0.3 is 20.9 Å². The summed E-state index contributed by atoms with van der Waals surface area (Å²) in [6.45, 7) is 1.44. The number of carboxylic acid groups (broad SMARTS) is 1. The molecule has 1 saturated heterocycles. The molecule has 1 aliphatic rings. The SMILES string of the molecule is C1CSC1.Cc1cc(N)cc2ncnc(Nc3ccc(Cl)cc3OCC(=O)O)c12. The number of fused-ring (bicyclic) bond motifs is 1. The Balaban J connectivity index is 0.000000536. The minimum absolute atomic E-state index is 0.315. The lowest BCUT2D eigenvalue weighted by Crippen LogP contribution is -2.10. The maximum absolute atomic E-state index is 10.8. The third kappa shape index (κ3) is 5.65. The van der Waals surface area contributed by atoms with Crippen LogP contribution in [-0.4, -0.2) is 39.2 Å². The monoisotopic (exact) mass is 432 g/mol. The van der Waals surface area contributed by atoms with Gasteiger partial charge in [0.05, 0.1) is 11.2 Å². The van der Waals surface area contributed by atoms with Gasteiger partial charge in [0.25, 0.3) is 0 Å². The minimum Gasteiger partial charge on any atom is -0.480 e. The highest BCUT2D eigenvalue weighted by Gasteiger charge is 2.12. The van der Waals surface area contributed by atoms with Crippen molar-refractivity contribution in [3.05, 3.63) is 47.2 Å². The van der Waals surface area contributed by atoms with Crippen molar-refractivity contribution >= 4 is 57.4 Å². The summed E-state index contributed by atoms with van der Waals surface area (Å²) < 4.78 is 5.30. The predicted octanol–water partition coefficient (Wildman–Crippen LogP) is 4.50. The van der Waals surface area contributed by atoms with Crippen molar-refractivity contribution in [2.75, 3.05) is 29.2 Å². The summed E-state index contributed by atoms with van der Waals surface area (Å²) in [5.41, 5.74) is 8.65. The van der Waals surface area contributed by atoms with Gasteiger partial charge in [-0.05, 0) is 54.7 Å². The molecule has 7 nitrogen and oxygen atoms in total. The normalized spacial score (nSPS) is 12.5. The highest BCUT2D eigenvalue weighted by Crippen LogP contribution is 2.33. The lowest BCUT2D eigenvalue weighted by Gasteiger charge is -2.14. The van der Waals surface area contributed by atoms with Crippen LogP contribution in [0.15, 0.2) is 36.7 Å². The average Bonchev–Trinajstić information content (AvgIpc) is 2.60. The third-order valence-electron chi connectivity index (χ3n) is 4.08. The number of aromatic nitrogens is 2. The Morgan fingerprint density at radius 2 is 2.03 bits per heavy atom. The van der Waals surface area contributed by atoms with Gasteiger partial charge in [-0.1, -0.05) is 11.6 Å². The van der Waals surface area contributed by atoms with E-state index in [1.807, 2.05) is 24.8 Å². The van der Waals surface area contributed by atoms with Gasteiger partial charge in [0, 0.05) is 22.2 Å². The zero-order valence-corrected chi connectivity index (χ0v) is 17.4. The van der Waals surface area contributed by atoms with E-state index in [0.29, 0.717) is 33.5 Å². The van der Waals surface area contributed by atoms with Gasteiger partial charge in [-0.15, -0.1) is 0 Å². The first kappa shape index (κ1) is 21.0. The first-order chi connectivity index (χ1) is 13.9. The van der Waals surface area contributed by atoms with E-state index in [1.165, 1.54) is 24.3 Å². The molecule has 1 aromatic heterocycles. The van der Waals surface area contributed by atoms with Gasteiger partial charge in [0.1, 0.15) is 17.9 Å². The Labute approximate surface area is 177 Å². The van der Waals surface area contributed by atoms with E-state index in [9.17, 15) is 4.79 Å². The van der Waals surface area contributed by atoms with Gasteiger partial charge in [-0.3, -0.25) is 0 Å². The number of carbonyl (C=O) groups is 1. The molecule has 0 radical (unpaired) electrons. The maximum Gasteiger partial charge on any atom is 0.341 e. The molecule has 2 heterocycles. The Bertz CT molecular complexity index is 1020. The first-order valence-electron chi connectivity index (χ1n) is 8.94. The quantitative estimate of drug-likeness (QED) is 0.505. The summed E-state index contributed by atoms with van der Waals surface area (Å²) >= 11 is 8.02. The van der Waals surface area contributed by atoms with Gasteiger partial charge in [0.2, 0.25) is 0 Å². The molecule has 29 heavy (non-hydrogen) atoms. The number of halogens is 1. The molecule has 4 N–H and O–H groups in total. The van der Waals surface area contributed by atoms with Crippen molar-refractivity contribution in [1.29, 1.82) is 0 Å². The van der Waals surface area contributed by atoms with Crippen LogP contribution in [-0.2, 0) is 4.79 Å². The molecule has 1 fully saturated rings. The van der Waals surface area contributed by atoms with Crippen LogP contribution in [0, 0.1) is 6.92 Å². The van der Waals surface area contributed by atoms with Crippen LogP contribution >= 0.6 is 23.4 Å². The standard InChI is InChI=1S/C17H15ClN4O3.C3H6S/c1-9-4-11(19)6-13-16(9)17(21-8-20-13)22-12-3-2-10(18)5-14(12)25-7-15(23)24;1-2-4-3-1/h2-6,8H,7,19H2,1H3,(H,23,24)(H,20,21,22);1-3H2. The Hall–Kier alpha value is -2.71. The first-order valence-corrected chi connectivity index (χ1v) is 10.5. The number of thioether (sulfide) groups is 1. The Morgan fingerprint density at radius 1 is 1.31 bits per heavy atom. The summed E-state index contributed by atoms with van der Waals surface area (Å²) in [6, 6.07) is 8.51. The predicted molar refractivity (Wildman–Crippen MR) is 118 cm³/mol. The van der Waals surface area contributed by atoms with Crippen molar-refractivity contribution in [2.45, 2.75) is 13.3 Å². The molecule has 0 aliphatic carbocycles. The van der Waals surface area contributed by atoms with Crippen molar-refractivity contribution in [1.82, 2.24) is 9.97 Å². The number of nitrogens with two attached hydrogens (primary N) is 1. The van der Waals surface area contributed by atoms with Gasteiger partial charge in [-0.25, -0.2) is 14.8 Å². The number of rotatable bonds is 5. The molecule has 2 aromatic carbocycles. The van der Waals surface area contributed by atoms with Gasteiger partial charge >= 0.3 is 5.97 Å². The number of hydrogen-bond acceptors (Lipinski definition) is 7. The van der Waals surface area contributed by atoms with E-state index in [4.69, 9.17) is 27.2 Å². The average molecular weight is 433 g/mol. The fraction of sp³-hybridized carbons (Fsp3) is 0.250. The Morgan fingerprint density at radius 3 is 2.69 bits per heavy atom. The molecule has 0 unspecified atom stereocenters. The molecular formula is C20H21ClN4O3S. The molecule has 4 rings (SSSR count). The highest BCUT2D eigenvalue weighted by atomic mass is 35.5. The number of nitrogens with zero attached hydrogens (tertiary/aromatic N) is 2. The summed E-state index contributed by atoms with van der Waals surface area (Å²) in [4.78, 5) is 19.3. The van der Waals surface area contributed by atoms with E-state index < -0.39 is 12.6 Å². The summed E-state index contributed by atoms with van der Waals surface area (Å²) in [5.74, 6) is 2.63. The van der Waals surface area contributed by atoms with Crippen molar-refractivity contribution in [3.8, 4) is 5.75 Å². The second kappa shape index (κ2) is 9.67. The summed E-state index contributed by atoms with van der Waals surface area (Å²) in [7, 11) is 0. The number of hydrogen-bond donors (Lipinski definition) is 3. The lowest BCUT2D eigenvalue weighted by molar-refractivity contribution is -0.139. The van der Waals surface area contributed by atoms with Gasteiger partial charge in [-0.2, -0.15) is 11.8 Å². The number of nitrogen functional groups attached to an aromatic ring is 1. The van der Waals surface area contributed by atoms with Gasteiger partial charge in [0.15, 0.2) is 6.61 Å². The second-order valence-electron chi connectivity index (χ2n) is 6.37. The van der Waals surface area contributed by atoms with Crippen LogP contribution in [0.1, 0.15) is 12.0 Å². The van der Waals surface area contributed by atoms with Crippen LogP contribution in [0.5, 0.6) is 5.75 Å². The smallest absolute Gasteiger partial charge is 0.341 e. The summed E-state index contributed by atoms with van der Waals surface area (Å²) in [6.07, 6.45) is 2.89. The van der Waals surface area contributed by atoms with Crippen LogP contribution in [0.25, 0.3) is 10.9 Å². The molecule has 9 heteroatoms. The van der Waals surface area contributed by atoms with E-state index in [2.05, 4.69) is 15.3 Å². The van der Waals surface area contributed by atoms with E-state index >= 15 is 0 Å². The number of carboxylic acids is 1. The zero-order chi connectivity index (χ0) is 20.8. The highest BCUT2D eigenvalue weighted by molar-refractivity contribution is 8.00. The molecule has 0 atom stereocenters. The fourth-order valence-electron chi connectivity index (χ4n) is 2.64. The summed E-state index contributed by atoms with van der Waals surface area (Å²) in [5, 5.41) is 13.2. The molecule has 0 saturated carbocycles. The molecule has 0 spiro atoms. The number of aryl methyl sites for hydroxylation is 1. The molecule has 0 bridgehead atoms. The zero-order valence-electron chi connectivity index (χ0n) is 15.8. The maximum atomic E-state index is 10.8. The number of ether oxygens (including phenoxy) is 1. The topological polar surface area (TPSA) is 110 Å².